The molecular formula is C15H20ClN3S2. The minimum atomic E-state index is 0.125. The molecule has 1 atom stereocenters. The fourth-order valence-corrected chi connectivity index (χ4v) is 5.07. The standard InChI is InChI=1S/C15H20ClN3S2/c1-15(2)6-10(17)13-11(7-15)18-14(21-13)19(3)8-9-4-5-12(16)20-9/h4-5,10H,6-8,17H2,1-3H3. The highest BCUT2D eigenvalue weighted by molar-refractivity contribution is 7.16. The molecule has 2 heterocycles. The van der Waals surface area contributed by atoms with Gasteiger partial charge in [0.05, 0.1) is 16.6 Å². The molecule has 21 heavy (non-hydrogen) atoms. The van der Waals surface area contributed by atoms with Gasteiger partial charge in [0.15, 0.2) is 5.13 Å². The lowest BCUT2D eigenvalue weighted by Crippen LogP contribution is -2.28. The first-order valence-electron chi connectivity index (χ1n) is 7.04. The highest BCUT2D eigenvalue weighted by atomic mass is 35.5. The van der Waals surface area contributed by atoms with Crippen LogP contribution in [0, 0.1) is 5.41 Å². The summed E-state index contributed by atoms with van der Waals surface area (Å²) in [7, 11) is 2.08. The second kappa shape index (κ2) is 5.54. The number of hydrogen-bond acceptors (Lipinski definition) is 5. The maximum Gasteiger partial charge on any atom is 0.185 e. The van der Waals surface area contributed by atoms with Crippen molar-refractivity contribution in [1.29, 1.82) is 0 Å². The molecular weight excluding hydrogens is 322 g/mol. The van der Waals surface area contributed by atoms with Crippen LogP contribution in [0.1, 0.15) is 41.8 Å². The van der Waals surface area contributed by atoms with Gasteiger partial charge in [-0.25, -0.2) is 4.98 Å². The summed E-state index contributed by atoms with van der Waals surface area (Å²) in [5, 5.41) is 1.05. The SMILES string of the molecule is CN(Cc1ccc(Cl)s1)c1nc2c(s1)C(N)CC(C)(C)C2. The van der Waals surface area contributed by atoms with Crippen LogP contribution in [-0.4, -0.2) is 12.0 Å². The van der Waals surface area contributed by atoms with Gasteiger partial charge in [0.2, 0.25) is 0 Å². The van der Waals surface area contributed by atoms with Crippen molar-refractivity contribution in [2.45, 2.75) is 39.3 Å². The third-order valence-corrected chi connectivity index (χ3v) is 6.38. The zero-order valence-electron chi connectivity index (χ0n) is 12.5. The van der Waals surface area contributed by atoms with Crippen molar-refractivity contribution in [3.8, 4) is 0 Å². The molecule has 1 aliphatic rings. The van der Waals surface area contributed by atoms with Gasteiger partial charge in [-0.15, -0.1) is 11.3 Å². The van der Waals surface area contributed by atoms with E-state index in [0.717, 1.165) is 28.9 Å². The van der Waals surface area contributed by atoms with E-state index >= 15 is 0 Å². The molecule has 2 N–H and O–H groups in total. The maximum absolute atomic E-state index is 6.33. The van der Waals surface area contributed by atoms with Gasteiger partial charge in [-0.05, 0) is 30.4 Å². The Hall–Kier alpha value is -0.620. The Labute approximate surface area is 138 Å². The Bertz CT molecular complexity index is 647. The van der Waals surface area contributed by atoms with Crippen LogP contribution in [0.5, 0.6) is 0 Å². The van der Waals surface area contributed by atoms with Gasteiger partial charge in [-0.1, -0.05) is 36.8 Å². The quantitative estimate of drug-likeness (QED) is 0.895. The minimum Gasteiger partial charge on any atom is -0.346 e. The summed E-state index contributed by atoms with van der Waals surface area (Å²) in [6.07, 6.45) is 2.05. The first-order chi connectivity index (χ1) is 9.84. The average molecular weight is 342 g/mol. The van der Waals surface area contributed by atoms with Crippen molar-refractivity contribution in [3.05, 3.63) is 31.9 Å². The molecule has 3 nitrogen and oxygen atoms in total. The molecule has 0 amide bonds. The summed E-state index contributed by atoms with van der Waals surface area (Å²) in [6, 6.07) is 4.15. The smallest absolute Gasteiger partial charge is 0.185 e. The summed E-state index contributed by atoms with van der Waals surface area (Å²) in [4.78, 5) is 9.54. The van der Waals surface area contributed by atoms with E-state index in [9.17, 15) is 0 Å². The molecule has 2 aromatic heterocycles. The van der Waals surface area contributed by atoms with Crippen LogP contribution in [0.4, 0.5) is 5.13 Å². The number of fused-ring (bicyclic) bond motifs is 1. The monoisotopic (exact) mass is 341 g/mol. The van der Waals surface area contributed by atoms with E-state index in [2.05, 4.69) is 31.9 Å². The molecule has 0 fully saturated rings. The number of aromatic nitrogens is 1. The van der Waals surface area contributed by atoms with Crippen molar-refractivity contribution in [2.75, 3.05) is 11.9 Å². The molecule has 6 heteroatoms. The molecule has 1 aliphatic carbocycles. The lowest BCUT2D eigenvalue weighted by molar-refractivity contribution is 0.282. The van der Waals surface area contributed by atoms with Crippen LogP contribution >= 0.6 is 34.3 Å². The number of thiazole rings is 1. The normalized spacial score (nSPS) is 20.3. The topological polar surface area (TPSA) is 42.2 Å². The van der Waals surface area contributed by atoms with Gasteiger partial charge < -0.3 is 10.6 Å². The van der Waals surface area contributed by atoms with Gasteiger partial charge in [0, 0.05) is 22.8 Å². The Morgan fingerprint density at radius 2 is 2.19 bits per heavy atom. The minimum absolute atomic E-state index is 0.125. The Morgan fingerprint density at radius 1 is 1.43 bits per heavy atom. The highest BCUT2D eigenvalue weighted by Gasteiger charge is 2.33. The predicted molar refractivity (Wildman–Crippen MR) is 92.6 cm³/mol. The Balaban J connectivity index is 1.81. The number of nitrogens with zero attached hydrogens (tertiary/aromatic N) is 2. The zero-order valence-corrected chi connectivity index (χ0v) is 14.9. The fourth-order valence-electron chi connectivity index (χ4n) is 2.88. The fraction of sp³-hybridized carbons (Fsp3) is 0.533. The molecule has 0 spiro atoms. The van der Waals surface area contributed by atoms with E-state index in [4.69, 9.17) is 22.3 Å². The number of hydrogen-bond donors (Lipinski definition) is 1. The van der Waals surface area contributed by atoms with Crippen molar-refractivity contribution in [3.63, 3.8) is 0 Å². The molecule has 0 saturated carbocycles. The Morgan fingerprint density at radius 3 is 2.86 bits per heavy atom. The number of anilines is 1. The van der Waals surface area contributed by atoms with Crippen LogP contribution in [0.3, 0.4) is 0 Å². The van der Waals surface area contributed by atoms with E-state index in [1.807, 2.05) is 6.07 Å². The number of rotatable bonds is 3. The predicted octanol–water partition coefficient (Wildman–Crippen LogP) is 4.47. The largest absolute Gasteiger partial charge is 0.346 e. The first-order valence-corrected chi connectivity index (χ1v) is 9.06. The zero-order chi connectivity index (χ0) is 15.2. The molecule has 1 unspecified atom stereocenters. The van der Waals surface area contributed by atoms with Crippen molar-refractivity contribution in [1.82, 2.24) is 4.98 Å². The van der Waals surface area contributed by atoms with Crippen LogP contribution in [0.25, 0.3) is 0 Å². The van der Waals surface area contributed by atoms with Crippen molar-refractivity contribution < 1.29 is 0 Å². The third kappa shape index (κ3) is 3.26. The summed E-state index contributed by atoms with van der Waals surface area (Å²) < 4.78 is 0.834. The molecule has 114 valence electrons. The van der Waals surface area contributed by atoms with Gasteiger partial charge in [-0.3, -0.25) is 0 Å². The van der Waals surface area contributed by atoms with Crippen LogP contribution in [-0.2, 0) is 13.0 Å². The van der Waals surface area contributed by atoms with Crippen LogP contribution < -0.4 is 10.6 Å². The Kier molecular flexibility index (Phi) is 4.03. The molecule has 0 aliphatic heterocycles. The van der Waals surface area contributed by atoms with E-state index in [-0.39, 0.29) is 11.5 Å². The van der Waals surface area contributed by atoms with E-state index in [1.165, 1.54) is 15.4 Å². The summed E-state index contributed by atoms with van der Waals surface area (Å²) in [5.74, 6) is 0. The summed E-state index contributed by atoms with van der Waals surface area (Å²) in [6.45, 7) is 5.38. The van der Waals surface area contributed by atoms with Gasteiger partial charge in [0.25, 0.3) is 0 Å². The molecule has 0 aromatic carbocycles. The van der Waals surface area contributed by atoms with Gasteiger partial charge in [-0.2, -0.15) is 0 Å². The average Bonchev–Trinajstić information content (AvgIpc) is 2.94. The second-order valence-corrected chi connectivity index (χ2v) is 9.33. The lowest BCUT2D eigenvalue weighted by atomic mass is 9.77. The van der Waals surface area contributed by atoms with Gasteiger partial charge in [0.1, 0.15) is 0 Å². The van der Waals surface area contributed by atoms with E-state index < -0.39 is 0 Å². The maximum atomic E-state index is 6.33. The summed E-state index contributed by atoms with van der Waals surface area (Å²) in [5.41, 5.74) is 7.77. The van der Waals surface area contributed by atoms with Crippen LogP contribution in [0.2, 0.25) is 4.34 Å². The molecule has 0 radical (unpaired) electrons. The van der Waals surface area contributed by atoms with Crippen molar-refractivity contribution >= 4 is 39.4 Å². The molecule has 0 saturated heterocycles. The number of nitrogens with two attached hydrogens (primary N) is 1. The lowest BCUT2D eigenvalue weighted by Gasteiger charge is -2.32. The molecule has 2 aromatic rings. The van der Waals surface area contributed by atoms with E-state index in [1.54, 1.807) is 22.7 Å². The second-order valence-electron chi connectivity index (χ2n) is 6.52. The van der Waals surface area contributed by atoms with Crippen LogP contribution in [0.15, 0.2) is 12.1 Å². The van der Waals surface area contributed by atoms with Gasteiger partial charge >= 0.3 is 0 Å². The van der Waals surface area contributed by atoms with Crippen molar-refractivity contribution in [2.24, 2.45) is 11.1 Å². The molecule has 0 bridgehead atoms. The highest BCUT2D eigenvalue weighted by Crippen LogP contribution is 2.43. The first kappa shape index (κ1) is 15.3. The third-order valence-electron chi connectivity index (χ3n) is 3.82. The number of halogens is 1. The summed E-state index contributed by atoms with van der Waals surface area (Å²) >= 11 is 9.35. The molecule has 3 rings (SSSR count). The number of thiophene rings is 1. The van der Waals surface area contributed by atoms with E-state index in [0.29, 0.717) is 0 Å².